The molecule has 0 saturated carbocycles. The minimum atomic E-state index is 0.0556. The fraction of sp³-hybridized carbons (Fsp3) is 0.818. The molecule has 0 spiro atoms. The third-order valence-electron chi connectivity index (χ3n) is 3.29. The molecule has 3 heteroatoms. The summed E-state index contributed by atoms with van der Waals surface area (Å²) in [4.78, 5) is 2.42. The van der Waals surface area contributed by atoms with Gasteiger partial charge in [0.1, 0.15) is 0 Å². The van der Waals surface area contributed by atoms with Crippen molar-refractivity contribution < 1.29 is 0 Å². The fourth-order valence-corrected chi connectivity index (χ4v) is 2.09. The van der Waals surface area contributed by atoms with Gasteiger partial charge >= 0.3 is 0 Å². The Morgan fingerprint density at radius 1 is 1.43 bits per heavy atom. The molecule has 14 heavy (non-hydrogen) atoms. The lowest BCUT2D eigenvalue weighted by molar-refractivity contribution is 0.0866. The van der Waals surface area contributed by atoms with Gasteiger partial charge in [0, 0.05) is 5.54 Å². The van der Waals surface area contributed by atoms with Crippen LogP contribution >= 0.6 is 0 Å². The van der Waals surface area contributed by atoms with Crippen molar-refractivity contribution in [2.45, 2.75) is 45.7 Å². The molecule has 84 valence electrons. The average molecular weight is 199 g/mol. The zero-order chi connectivity index (χ0) is 11.2. The number of rotatable bonds is 7. The summed E-state index contributed by atoms with van der Waals surface area (Å²) in [6.45, 7) is 14.7. The van der Waals surface area contributed by atoms with E-state index >= 15 is 0 Å². The first kappa shape index (κ1) is 13.6. The summed E-state index contributed by atoms with van der Waals surface area (Å²) in [5.41, 5.74) is 2.89. The molecule has 0 heterocycles. The maximum Gasteiger partial charge on any atom is 0.0569 e. The SMILES string of the molecule is C=CC(NN)C(C)(CC)N(CC)CC. The molecular formula is C11H25N3. The Hall–Kier alpha value is -0.380. The summed E-state index contributed by atoms with van der Waals surface area (Å²) in [5.74, 6) is 5.54. The van der Waals surface area contributed by atoms with Gasteiger partial charge in [0.2, 0.25) is 0 Å². The molecule has 3 nitrogen and oxygen atoms in total. The molecule has 0 aromatic heterocycles. The second kappa shape index (κ2) is 6.17. The van der Waals surface area contributed by atoms with Crippen LogP contribution in [0.5, 0.6) is 0 Å². The predicted molar refractivity (Wildman–Crippen MR) is 62.9 cm³/mol. The molecule has 0 aliphatic carbocycles. The molecule has 0 amide bonds. The van der Waals surface area contributed by atoms with Crippen molar-refractivity contribution in [3.8, 4) is 0 Å². The zero-order valence-electron chi connectivity index (χ0n) is 10.0. The highest BCUT2D eigenvalue weighted by molar-refractivity contribution is 5.03. The molecule has 0 bridgehead atoms. The second-order valence-corrected chi connectivity index (χ2v) is 3.76. The second-order valence-electron chi connectivity index (χ2n) is 3.76. The maximum absolute atomic E-state index is 5.54. The number of nitrogens with one attached hydrogen (secondary N) is 1. The first-order valence-corrected chi connectivity index (χ1v) is 5.44. The van der Waals surface area contributed by atoms with E-state index in [1.54, 1.807) is 0 Å². The van der Waals surface area contributed by atoms with E-state index < -0.39 is 0 Å². The zero-order valence-corrected chi connectivity index (χ0v) is 10.0. The Morgan fingerprint density at radius 3 is 2.14 bits per heavy atom. The Kier molecular flexibility index (Phi) is 6.00. The lowest BCUT2D eigenvalue weighted by atomic mass is 9.87. The van der Waals surface area contributed by atoms with Crippen LogP contribution in [0.4, 0.5) is 0 Å². The third kappa shape index (κ3) is 2.56. The van der Waals surface area contributed by atoms with E-state index in [1.807, 2.05) is 6.08 Å². The van der Waals surface area contributed by atoms with Gasteiger partial charge in [-0.05, 0) is 26.4 Å². The molecule has 0 aliphatic heterocycles. The van der Waals surface area contributed by atoms with E-state index in [0.717, 1.165) is 19.5 Å². The average Bonchev–Trinajstić information content (AvgIpc) is 2.21. The molecule has 0 saturated heterocycles. The van der Waals surface area contributed by atoms with Gasteiger partial charge in [-0.25, -0.2) is 0 Å². The summed E-state index contributed by atoms with van der Waals surface area (Å²) in [5, 5.41) is 0. The fourth-order valence-electron chi connectivity index (χ4n) is 2.09. The van der Waals surface area contributed by atoms with Gasteiger partial charge in [0.15, 0.2) is 0 Å². The quantitative estimate of drug-likeness (QED) is 0.371. The van der Waals surface area contributed by atoms with Crippen molar-refractivity contribution >= 4 is 0 Å². The van der Waals surface area contributed by atoms with Crippen LogP contribution in [0.2, 0.25) is 0 Å². The van der Waals surface area contributed by atoms with Crippen LogP contribution in [0.25, 0.3) is 0 Å². The highest BCUT2D eigenvalue weighted by atomic mass is 15.3. The largest absolute Gasteiger partial charge is 0.297 e. The maximum atomic E-state index is 5.54. The van der Waals surface area contributed by atoms with Crippen LogP contribution < -0.4 is 11.3 Å². The van der Waals surface area contributed by atoms with Gasteiger partial charge in [0.25, 0.3) is 0 Å². The first-order valence-electron chi connectivity index (χ1n) is 5.44. The number of likely N-dealkylation sites (N-methyl/N-ethyl adjacent to an activating group) is 1. The minimum Gasteiger partial charge on any atom is -0.297 e. The van der Waals surface area contributed by atoms with E-state index in [0.29, 0.717) is 0 Å². The van der Waals surface area contributed by atoms with E-state index in [2.05, 4.69) is 44.6 Å². The Balaban J connectivity index is 4.81. The number of nitrogens with zero attached hydrogens (tertiary/aromatic N) is 1. The van der Waals surface area contributed by atoms with Gasteiger partial charge in [-0.1, -0.05) is 26.8 Å². The molecule has 0 aromatic carbocycles. The van der Waals surface area contributed by atoms with Crippen LogP contribution in [0.1, 0.15) is 34.1 Å². The van der Waals surface area contributed by atoms with Crippen molar-refractivity contribution in [3.63, 3.8) is 0 Å². The Labute approximate surface area is 88.3 Å². The van der Waals surface area contributed by atoms with E-state index in [-0.39, 0.29) is 11.6 Å². The van der Waals surface area contributed by atoms with Crippen molar-refractivity contribution in [1.29, 1.82) is 0 Å². The smallest absolute Gasteiger partial charge is 0.0569 e. The minimum absolute atomic E-state index is 0.0556. The van der Waals surface area contributed by atoms with Crippen LogP contribution in [0, 0.1) is 0 Å². The highest BCUT2D eigenvalue weighted by Gasteiger charge is 2.34. The molecule has 3 N–H and O–H groups in total. The molecule has 0 radical (unpaired) electrons. The molecule has 2 unspecified atom stereocenters. The van der Waals surface area contributed by atoms with Gasteiger partial charge < -0.3 is 0 Å². The summed E-state index contributed by atoms with van der Waals surface area (Å²) in [6, 6.07) is 0.132. The van der Waals surface area contributed by atoms with Crippen LogP contribution in [0.3, 0.4) is 0 Å². The normalized spacial score (nSPS) is 17.9. The first-order chi connectivity index (χ1) is 6.60. The highest BCUT2D eigenvalue weighted by Crippen LogP contribution is 2.23. The predicted octanol–water partition coefficient (Wildman–Crippen LogP) is 1.51. The van der Waals surface area contributed by atoms with Crippen molar-refractivity contribution in [2.24, 2.45) is 5.84 Å². The summed E-state index contributed by atoms with van der Waals surface area (Å²) < 4.78 is 0. The van der Waals surface area contributed by atoms with Gasteiger partial charge in [-0.3, -0.25) is 16.2 Å². The molecule has 2 atom stereocenters. The van der Waals surface area contributed by atoms with Gasteiger partial charge in [-0.15, -0.1) is 6.58 Å². The Morgan fingerprint density at radius 2 is 1.93 bits per heavy atom. The van der Waals surface area contributed by atoms with Crippen LogP contribution in [-0.4, -0.2) is 29.6 Å². The lowest BCUT2D eigenvalue weighted by Gasteiger charge is -2.44. The monoisotopic (exact) mass is 199 g/mol. The number of hydrazine groups is 1. The summed E-state index contributed by atoms with van der Waals surface area (Å²) >= 11 is 0. The standard InChI is InChI=1S/C11H25N3/c1-6-10(13-12)11(5,7-2)14(8-3)9-4/h6,10,13H,1,7-9,12H2,2-5H3. The molecule has 0 rings (SSSR count). The van der Waals surface area contributed by atoms with Crippen LogP contribution in [-0.2, 0) is 0 Å². The molecular weight excluding hydrogens is 174 g/mol. The van der Waals surface area contributed by atoms with Crippen molar-refractivity contribution in [3.05, 3.63) is 12.7 Å². The number of hydrogen-bond donors (Lipinski definition) is 2. The number of hydrogen-bond acceptors (Lipinski definition) is 3. The molecule has 0 fully saturated rings. The molecule has 0 aromatic rings. The molecule has 0 aliphatic rings. The Bertz CT molecular complexity index is 166. The van der Waals surface area contributed by atoms with Crippen LogP contribution in [0.15, 0.2) is 12.7 Å². The van der Waals surface area contributed by atoms with E-state index in [1.165, 1.54) is 0 Å². The topological polar surface area (TPSA) is 41.3 Å². The van der Waals surface area contributed by atoms with Gasteiger partial charge in [0.05, 0.1) is 6.04 Å². The number of nitrogens with two attached hydrogens (primary N) is 1. The van der Waals surface area contributed by atoms with E-state index in [9.17, 15) is 0 Å². The lowest BCUT2D eigenvalue weighted by Crippen LogP contribution is -2.59. The van der Waals surface area contributed by atoms with Gasteiger partial charge in [-0.2, -0.15) is 0 Å². The summed E-state index contributed by atoms with van der Waals surface area (Å²) in [7, 11) is 0. The summed E-state index contributed by atoms with van der Waals surface area (Å²) in [6.07, 6.45) is 2.94. The van der Waals surface area contributed by atoms with Crippen molar-refractivity contribution in [1.82, 2.24) is 10.3 Å². The third-order valence-corrected chi connectivity index (χ3v) is 3.29. The van der Waals surface area contributed by atoms with E-state index in [4.69, 9.17) is 5.84 Å². The van der Waals surface area contributed by atoms with Crippen molar-refractivity contribution in [2.75, 3.05) is 13.1 Å².